The first-order chi connectivity index (χ1) is 15.7. The second-order valence-electron chi connectivity index (χ2n) is 7.65. The zero-order chi connectivity index (χ0) is 23.0. The summed E-state index contributed by atoms with van der Waals surface area (Å²) in [5, 5.41) is 4.03. The Kier molecular flexibility index (Phi) is 11.7. The van der Waals surface area contributed by atoms with E-state index in [9.17, 15) is 4.79 Å². The van der Waals surface area contributed by atoms with Gasteiger partial charge in [-0.1, -0.05) is 51.9 Å². The van der Waals surface area contributed by atoms with Crippen LogP contribution >= 0.6 is 0 Å². The van der Waals surface area contributed by atoms with E-state index < -0.39 is 0 Å². The molecule has 0 saturated heterocycles. The molecule has 0 fully saturated rings. The molecular weight excluding hydrogens is 404 g/mol. The molecule has 0 saturated carbocycles. The standard InChI is InChI=1S/C26H36N2O4/c1-4-5-6-7-8-9-10-11-18-32-23-15-12-21(13-16-23)26(29)28-27-20-22-14-17-24(30-2)19-25(22)31-3/h12-17,19-20H,4-11,18H2,1-3H3,(H,28,29)/b27-20-. The highest BCUT2D eigenvalue weighted by molar-refractivity contribution is 5.95. The van der Waals surface area contributed by atoms with Crippen LogP contribution < -0.4 is 19.6 Å². The molecule has 2 rings (SSSR count). The third kappa shape index (κ3) is 9.00. The summed E-state index contributed by atoms with van der Waals surface area (Å²) in [6.45, 7) is 2.94. The molecule has 0 radical (unpaired) electrons. The minimum atomic E-state index is -0.289. The Morgan fingerprint density at radius 1 is 0.875 bits per heavy atom. The smallest absolute Gasteiger partial charge is 0.271 e. The molecule has 2 aromatic rings. The van der Waals surface area contributed by atoms with E-state index in [2.05, 4.69) is 17.5 Å². The lowest BCUT2D eigenvalue weighted by Gasteiger charge is -2.08. The normalized spacial score (nSPS) is 10.8. The number of methoxy groups -OCH3 is 2. The number of carbonyl (C=O) groups is 1. The summed E-state index contributed by atoms with van der Waals surface area (Å²) >= 11 is 0. The van der Waals surface area contributed by atoms with E-state index in [0.717, 1.165) is 17.7 Å². The minimum Gasteiger partial charge on any atom is -0.497 e. The molecule has 0 aliphatic heterocycles. The van der Waals surface area contributed by atoms with Crippen LogP contribution in [0, 0.1) is 0 Å². The Bertz CT molecular complexity index is 834. The molecule has 6 heteroatoms. The maximum atomic E-state index is 12.3. The SMILES string of the molecule is CCCCCCCCCCOc1ccc(C(=O)N/N=C\c2ccc(OC)cc2OC)cc1. The van der Waals surface area contributed by atoms with E-state index in [1.165, 1.54) is 51.2 Å². The predicted octanol–water partition coefficient (Wildman–Crippen LogP) is 5.99. The Morgan fingerprint density at radius 3 is 2.19 bits per heavy atom. The summed E-state index contributed by atoms with van der Waals surface area (Å²) in [6, 6.07) is 12.5. The zero-order valence-corrected chi connectivity index (χ0v) is 19.6. The van der Waals surface area contributed by atoms with E-state index >= 15 is 0 Å². The lowest BCUT2D eigenvalue weighted by Crippen LogP contribution is -2.17. The summed E-state index contributed by atoms with van der Waals surface area (Å²) in [4.78, 5) is 12.3. The number of carbonyl (C=O) groups excluding carboxylic acids is 1. The van der Waals surface area contributed by atoms with Crippen molar-refractivity contribution in [3.8, 4) is 17.2 Å². The predicted molar refractivity (Wildman–Crippen MR) is 129 cm³/mol. The first kappa shape index (κ1) is 25.2. The summed E-state index contributed by atoms with van der Waals surface area (Å²) in [5.41, 5.74) is 3.79. The number of benzene rings is 2. The number of hydrogen-bond acceptors (Lipinski definition) is 5. The van der Waals surface area contributed by atoms with E-state index in [4.69, 9.17) is 14.2 Å². The molecule has 0 aliphatic carbocycles. The van der Waals surface area contributed by atoms with Crippen molar-refractivity contribution in [3.05, 3.63) is 53.6 Å². The molecule has 0 unspecified atom stereocenters. The Morgan fingerprint density at radius 2 is 1.53 bits per heavy atom. The van der Waals surface area contributed by atoms with E-state index in [1.807, 2.05) is 18.2 Å². The number of ether oxygens (including phenoxy) is 3. The van der Waals surface area contributed by atoms with Crippen LogP contribution in [0.1, 0.15) is 74.2 Å². The average Bonchev–Trinajstić information content (AvgIpc) is 2.83. The molecule has 1 amide bonds. The van der Waals surface area contributed by atoms with Gasteiger partial charge in [0.1, 0.15) is 17.2 Å². The Hall–Kier alpha value is -3.02. The molecule has 0 heterocycles. The molecule has 6 nitrogen and oxygen atoms in total. The fraction of sp³-hybridized carbons (Fsp3) is 0.462. The van der Waals surface area contributed by atoms with Crippen LogP contribution in [0.3, 0.4) is 0 Å². The minimum absolute atomic E-state index is 0.289. The third-order valence-corrected chi connectivity index (χ3v) is 5.19. The fourth-order valence-corrected chi connectivity index (χ4v) is 3.28. The molecule has 0 atom stereocenters. The fourth-order valence-electron chi connectivity index (χ4n) is 3.28. The number of nitrogens with one attached hydrogen (secondary N) is 1. The van der Waals surface area contributed by atoms with Gasteiger partial charge in [0.2, 0.25) is 0 Å². The van der Waals surface area contributed by atoms with E-state index in [1.54, 1.807) is 38.5 Å². The van der Waals surface area contributed by atoms with Crippen molar-refractivity contribution < 1.29 is 19.0 Å². The number of hydrazone groups is 1. The number of rotatable bonds is 15. The van der Waals surface area contributed by atoms with Gasteiger partial charge in [-0.25, -0.2) is 5.43 Å². The van der Waals surface area contributed by atoms with Crippen LogP contribution in [-0.2, 0) is 0 Å². The quantitative estimate of drug-likeness (QED) is 0.210. The van der Waals surface area contributed by atoms with Gasteiger partial charge in [-0.05, 0) is 42.8 Å². The molecule has 2 aromatic carbocycles. The maximum absolute atomic E-state index is 12.3. The summed E-state index contributed by atoms with van der Waals surface area (Å²) in [5.74, 6) is 1.78. The van der Waals surface area contributed by atoms with Gasteiger partial charge in [-0.3, -0.25) is 4.79 Å². The Labute approximate surface area is 192 Å². The molecule has 0 aliphatic rings. The number of unbranched alkanes of at least 4 members (excludes halogenated alkanes) is 7. The first-order valence-corrected chi connectivity index (χ1v) is 11.5. The highest BCUT2D eigenvalue weighted by Gasteiger charge is 2.06. The number of amides is 1. The van der Waals surface area contributed by atoms with Crippen molar-refractivity contribution in [1.82, 2.24) is 5.43 Å². The van der Waals surface area contributed by atoms with Gasteiger partial charge in [0.05, 0.1) is 27.0 Å². The third-order valence-electron chi connectivity index (χ3n) is 5.19. The summed E-state index contributed by atoms with van der Waals surface area (Å²) in [6.07, 6.45) is 11.7. The first-order valence-electron chi connectivity index (χ1n) is 11.5. The molecule has 0 spiro atoms. The molecular formula is C26H36N2O4. The van der Waals surface area contributed by atoms with Crippen molar-refractivity contribution in [2.24, 2.45) is 5.10 Å². The second-order valence-corrected chi connectivity index (χ2v) is 7.65. The van der Waals surface area contributed by atoms with Crippen LogP contribution in [-0.4, -0.2) is 32.9 Å². The van der Waals surface area contributed by atoms with Crippen LogP contribution in [0.4, 0.5) is 0 Å². The molecule has 174 valence electrons. The Balaban J connectivity index is 1.71. The molecule has 1 N–H and O–H groups in total. The highest BCUT2D eigenvalue weighted by atomic mass is 16.5. The second kappa shape index (κ2) is 14.9. The van der Waals surface area contributed by atoms with E-state index in [0.29, 0.717) is 23.7 Å². The zero-order valence-electron chi connectivity index (χ0n) is 19.6. The van der Waals surface area contributed by atoms with Crippen LogP contribution in [0.5, 0.6) is 17.2 Å². The lowest BCUT2D eigenvalue weighted by molar-refractivity contribution is 0.0955. The van der Waals surface area contributed by atoms with Crippen LogP contribution in [0.2, 0.25) is 0 Å². The number of nitrogens with zero attached hydrogens (tertiary/aromatic N) is 1. The summed E-state index contributed by atoms with van der Waals surface area (Å²) in [7, 11) is 3.17. The monoisotopic (exact) mass is 440 g/mol. The van der Waals surface area contributed by atoms with Crippen molar-refractivity contribution in [1.29, 1.82) is 0 Å². The summed E-state index contributed by atoms with van der Waals surface area (Å²) < 4.78 is 16.3. The lowest BCUT2D eigenvalue weighted by atomic mass is 10.1. The highest BCUT2D eigenvalue weighted by Crippen LogP contribution is 2.23. The topological polar surface area (TPSA) is 69.2 Å². The van der Waals surface area contributed by atoms with Crippen LogP contribution in [0.15, 0.2) is 47.6 Å². The van der Waals surface area contributed by atoms with Gasteiger partial charge in [0, 0.05) is 17.2 Å². The molecule has 0 aromatic heterocycles. The van der Waals surface area contributed by atoms with Crippen LogP contribution in [0.25, 0.3) is 0 Å². The van der Waals surface area contributed by atoms with Gasteiger partial charge in [0.25, 0.3) is 5.91 Å². The molecule has 0 bridgehead atoms. The maximum Gasteiger partial charge on any atom is 0.271 e. The van der Waals surface area contributed by atoms with Crippen molar-refractivity contribution in [2.75, 3.05) is 20.8 Å². The van der Waals surface area contributed by atoms with E-state index in [-0.39, 0.29) is 5.91 Å². The average molecular weight is 441 g/mol. The van der Waals surface area contributed by atoms with Gasteiger partial charge in [-0.15, -0.1) is 0 Å². The van der Waals surface area contributed by atoms with Gasteiger partial charge in [0.15, 0.2) is 0 Å². The number of hydrogen-bond donors (Lipinski definition) is 1. The largest absolute Gasteiger partial charge is 0.497 e. The van der Waals surface area contributed by atoms with Crippen molar-refractivity contribution >= 4 is 12.1 Å². The van der Waals surface area contributed by atoms with Gasteiger partial charge >= 0.3 is 0 Å². The van der Waals surface area contributed by atoms with Gasteiger partial charge < -0.3 is 14.2 Å². The van der Waals surface area contributed by atoms with Crippen molar-refractivity contribution in [3.63, 3.8) is 0 Å². The molecule has 32 heavy (non-hydrogen) atoms. The van der Waals surface area contributed by atoms with Crippen molar-refractivity contribution in [2.45, 2.75) is 58.3 Å². The van der Waals surface area contributed by atoms with Gasteiger partial charge in [-0.2, -0.15) is 5.10 Å².